The van der Waals surface area contributed by atoms with Gasteiger partial charge in [0.15, 0.2) is 0 Å². The number of aromatic nitrogens is 2. The first kappa shape index (κ1) is 16.7. The van der Waals surface area contributed by atoms with Crippen molar-refractivity contribution in [1.82, 2.24) is 15.1 Å². The largest absolute Gasteiger partial charge is 0.353 e. The molecule has 1 aromatic heterocycles. The van der Waals surface area contributed by atoms with Crippen molar-refractivity contribution >= 4 is 28.9 Å². The highest BCUT2D eigenvalue weighted by Gasteiger charge is 2.24. The third kappa shape index (κ3) is 3.44. The molecule has 1 aliphatic carbocycles. The molecule has 0 saturated carbocycles. The molecule has 0 bridgehead atoms. The lowest BCUT2D eigenvalue weighted by molar-refractivity contribution is 0.0937. The number of carbonyl (C=O) groups is 1. The number of nitrogens with one attached hydrogen (secondary N) is 2. The molecule has 1 aliphatic rings. The van der Waals surface area contributed by atoms with Gasteiger partial charge in [0.25, 0.3) is 5.91 Å². The molecule has 1 amide bonds. The molecule has 4 rings (SSSR count). The number of nitrogens with zero attached hydrogens (tertiary/aromatic N) is 2. The molecule has 132 valence electrons. The van der Waals surface area contributed by atoms with Gasteiger partial charge in [-0.3, -0.25) is 9.48 Å². The normalized spacial score (nSPS) is 15.5. The number of halogens is 1. The predicted molar refractivity (Wildman–Crippen MR) is 103 cm³/mol. The Kier molecular flexibility index (Phi) is 4.39. The zero-order valence-corrected chi connectivity index (χ0v) is 15.1. The molecule has 3 aromatic rings. The van der Waals surface area contributed by atoms with Gasteiger partial charge in [-0.05, 0) is 54.3 Å². The van der Waals surface area contributed by atoms with E-state index in [1.165, 1.54) is 5.56 Å². The Morgan fingerprint density at radius 2 is 2.12 bits per heavy atom. The summed E-state index contributed by atoms with van der Waals surface area (Å²) in [5, 5.41) is 11.3. The van der Waals surface area contributed by atoms with Crippen molar-refractivity contribution in [2.24, 2.45) is 7.05 Å². The van der Waals surface area contributed by atoms with Crippen LogP contribution in [-0.4, -0.2) is 15.7 Å². The van der Waals surface area contributed by atoms with Crippen LogP contribution in [0.15, 0.2) is 54.9 Å². The summed E-state index contributed by atoms with van der Waals surface area (Å²) in [6, 6.07) is 13.4. The molecule has 1 atom stereocenters. The van der Waals surface area contributed by atoms with Crippen LogP contribution in [0.25, 0.3) is 0 Å². The summed E-state index contributed by atoms with van der Waals surface area (Å²) in [6.45, 7) is 0. The number of fused-ring (bicyclic) bond motifs is 1. The van der Waals surface area contributed by atoms with Gasteiger partial charge in [-0.25, -0.2) is 0 Å². The topological polar surface area (TPSA) is 59.0 Å². The van der Waals surface area contributed by atoms with Crippen molar-refractivity contribution in [3.63, 3.8) is 0 Å². The summed E-state index contributed by atoms with van der Waals surface area (Å²) in [7, 11) is 1.86. The lowest BCUT2D eigenvalue weighted by Crippen LogP contribution is -2.27. The van der Waals surface area contributed by atoms with Crippen LogP contribution in [-0.2, 0) is 13.5 Å². The number of benzene rings is 2. The van der Waals surface area contributed by atoms with Crippen LogP contribution < -0.4 is 10.6 Å². The quantitative estimate of drug-likeness (QED) is 0.726. The van der Waals surface area contributed by atoms with E-state index in [1.807, 2.05) is 55.7 Å². The lowest BCUT2D eigenvalue weighted by Gasteiger charge is -2.15. The zero-order valence-electron chi connectivity index (χ0n) is 14.4. The van der Waals surface area contributed by atoms with Crippen LogP contribution in [0.4, 0.5) is 11.4 Å². The first-order chi connectivity index (χ1) is 12.6. The van der Waals surface area contributed by atoms with Crippen molar-refractivity contribution < 1.29 is 4.79 Å². The van der Waals surface area contributed by atoms with Gasteiger partial charge in [-0.1, -0.05) is 23.7 Å². The number of amides is 1. The molecule has 0 saturated heterocycles. The summed E-state index contributed by atoms with van der Waals surface area (Å²) >= 11 is 6.06. The Hall–Kier alpha value is -2.79. The lowest BCUT2D eigenvalue weighted by atomic mass is 10.1. The van der Waals surface area contributed by atoms with Gasteiger partial charge < -0.3 is 10.6 Å². The van der Waals surface area contributed by atoms with Crippen molar-refractivity contribution in [1.29, 1.82) is 0 Å². The number of hydrogen-bond donors (Lipinski definition) is 2. The van der Waals surface area contributed by atoms with Gasteiger partial charge in [0.2, 0.25) is 0 Å². The van der Waals surface area contributed by atoms with Crippen molar-refractivity contribution in [2.45, 2.75) is 18.9 Å². The second-order valence-corrected chi connectivity index (χ2v) is 6.95. The molecular weight excluding hydrogens is 348 g/mol. The summed E-state index contributed by atoms with van der Waals surface area (Å²) in [6.07, 6.45) is 5.46. The summed E-state index contributed by atoms with van der Waals surface area (Å²) in [5.74, 6) is -0.0763. The summed E-state index contributed by atoms with van der Waals surface area (Å²) in [4.78, 5) is 12.7. The molecule has 1 heterocycles. The third-order valence-corrected chi connectivity index (χ3v) is 4.84. The van der Waals surface area contributed by atoms with E-state index in [2.05, 4.69) is 15.7 Å². The van der Waals surface area contributed by atoms with E-state index in [1.54, 1.807) is 10.9 Å². The highest BCUT2D eigenvalue weighted by molar-refractivity contribution is 6.30. The monoisotopic (exact) mass is 366 g/mol. The van der Waals surface area contributed by atoms with Crippen LogP contribution >= 0.6 is 11.6 Å². The number of carbonyl (C=O) groups excluding carboxylic acids is 1. The van der Waals surface area contributed by atoms with Crippen LogP contribution in [0.5, 0.6) is 0 Å². The highest BCUT2D eigenvalue weighted by Crippen LogP contribution is 2.33. The van der Waals surface area contributed by atoms with E-state index >= 15 is 0 Å². The molecule has 0 fully saturated rings. The molecule has 0 aliphatic heterocycles. The smallest absolute Gasteiger partial charge is 0.251 e. The van der Waals surface area contributed by atoms with Gasteiger partial charge in [-0.2, -0.15) is 5.10 Å². The summed E-state index contributed by atoms with van der Waals surface area (Å²) < 4.78 is 1.72. The predicted octanol–water partition coefficient (Wildman–Crippen LogP) is 4.23. The third-order valence-electron chi connectivity index (χ3n) is 4.61. The average molecular weight is 367 g/mol. The van der Waals surface area contributed by atoms with E-state index in [0.717, 1.165) is 34.8 Å². The van der Waals surface area contributed by atoms with Crippen LogP contribution in [0.2, 0.25) is 5.02 Å². The first-order valence-electron chi connectivity index (χ1n) is 8.53. The highest BCUT2D eigenvalue weighted by atomic mass is 35.5. The Morgan fingerprint density at radius 1 is 1.23 bits per heavy atom. The molecule has 0 unspecified atom stereocenters. The minimum absolute atomic E-state index is 0.0321. The fraction of sp³-hybridized carbons (Fsp3) is 0.200. The Balaban J connectivity index is 1.48. The van der Waals surface area contributed by atoms with Gasteiger partial charge in [0.1, 0.15) is 0 Å². The molecule has 26 heavy (non-hydrogen) atoms. The standard InChI is InChI=1S/C20H19ClN4O/c1-25-12-17(11-22-25)23-16-4-2-3-14(10-16)20(26)24-19-8-5-13-9-15(21)6-7-18(13)19/h2-4,6-7,9-12,19,23H,5,8H2,1H3,(H,24,26)/t19-/m0/s1. The molecule has 0 spiro atoms. The van der Waals surface area contributed by atoms with Gasteiger partial charge in [-0.15, -0.1) is 0 Å². The zero-order chi connectivity index (χ0) is 18.1. The molecule has 0 radical (unpaired) electrons. The maximum absolute atomic E-state index is 12.7. The minimum Gasteiger partial charge on any atom is -0.353 e. The van der Waals surface area contributed by atoms with Crippen molar-refractivity contribution in [2.75, 3.05) is 5.32 Å². The van der Waals surface area contributed by atoms with Gasteiger partial charge in [0.05, 0.1) is 17.9 Å². The van der Waals surface area contributed by atoms with Gasteiger partial charge >= 0.3 is 0 Å². The molecule has 5 nitrogen and oxygen atoms in total. The van der Waals surface area contributed by atoms with Crippen molar-refractivity contribution in [3.8, 4) is 0 Å². The van der Waals surface area contributed by atoms with Crippen LogP contribution in [0, 0.1) is 0 Å². The second kappa shape index (κ2) is 6.84. The first-order valence-corrected chi connectivity index (χ1v) is 8.91. The molecule has 2 N–H and O–H groups in total. The van der Waals surface area contributed by atoms with E-state index in [4.69, 9.17) is 11.6 Å². The Morgan fingerprint density at radius 3 is 2.92 bits per heavy atom. The summed E-state index contributed by atoms with van der Waals surface area (Å²) in [5.41, 5.74) is 4.74. The number of aryl methyl sites for hydroxylation is 2. The average Bonchev–Trinajstić information content (AvgIpc) is 3.21. The second-order valence-electron chi connectivity index (χ2n) is 6.52. The van der Waals surface area contributed by atoms with Gasteiger partial charge in [0, 0.05) is 29.5 Å². The van der Waals surface area contributed by atoms with E-state index in [0.29, 0.717) is 5.56 Å². The molecule has 2 aromatic carbocycles. The van der Waals surface area contributed by atoms with E-state index < -0.39 is 0 Å². The fourth-order valence-corrected chi connectivity index (χ4v) is 3.56. The van der Waals surface area contributed by atoms with Crippen molar-refractivity contribution in [3.05, 3.63) is 76.6 Å². The SMILES string of the molecule is Cn1cc(Nc2cccc(C(=O)N[C@H]3CCc4cc(Cl)ccc43)c2)cn1. The maximum Gasteiger partial charge on any atom is 0.251 e. The molecule has 6 heteroatoms. The number of hydrogen-bond acceptors (Lipinski definition) is 3. The maximum atomic E-state index is 12.7. The number of rotatable bonds is 4. The van der Waals surface area contributed by atoms with Crippen LogP contribution in [0.3, 0.4) is 0 Å². The van der Waals surface area contributed by atoms with E-state index in [-0.39, 0.29) is 11.9 Å². The fourth-order valence-electron chi connectivity index (χ4n) is 3.37. The Labute approximate surface area is 157 Å². The minimum atomic E-state index is -0.0763. The number of anilines is 2. The Bertz CT molecular complexity index is 966. The van der Waals surface area contributed by atoms with E-state index in [9.17, 15) is 4.79 Å². The van der Waals surface area contributed by atoms with Crippen LogP contribution in [0.1, 0.15) is 33.9 Å². The molecular formula is C20H19ClN4O.